The molecule has 1 aromatic carbocycles. The number of aliphatic imine (C=N–C) groups is 1. The van der Waals surface area contributed by atoms with Crippen LogP contribution in [0.15, 0.2) is 35.3 Å². The van der Waals surface area contributed by atoms with Crippen molar-refractivity contribution in [2.45, 2.75) is 6.92 Å². The SMILES string of the molecule is [CH2-]N(C)C(C)=NC.[CH2-]Oc1ccccc1.[CH3-].[W]. The van der Waals surface area contributed by atoms with E-state index >= 15 is 0 Å². The molecule has 1 rings (SSSR count). The van der Waals surface area contributed by atoms with Crippen LogP contribution < -0.4 is 4.74 Å². The topological polar surface area (TPSA) is 24.8 Å². The van der Waals surface area contributed by atoms with Crippen molar-refractivity contribution in [3.63, 3.8) is 0 Å². The summed E-state index contributed by atoms with van der Waals surface area (Å²) in [4.78, 5) is 5.59. The molecule has 0 aromatic heterocycles. The maximum Gasteiger partial charge on any atom is 0.0843 e. The van der Waals surface area contributed by atoms with Crippen LogP contribution in [0.3, 0.4) is 0 Å². The third-order valence-corrected chi connectivity index (χ3v) is 1.79. The average molecular weight is 405 g/mol. The van der Waals surface area contributed by atoms with Crippen molar-refractivity contribution in [3.8, 4) is 5.75 Å². The van der Waals surface area contributed by atoms with Crippen molar-refractivity contribution in [2.24, 2.45) is 4.99 Å². The summed E-state index contributed by atoms with van der Waals surface area (Å²) in [7, 11) is 10.5. The van der Waals surface area contributed by atoms with Gasteiger partial charge in [0, 0.05) is 28.1 Å². The third-order valence-electron chi connectivity index (χ3n) is 1.79. The summed E-state index contributed by atoms with van der Waals surface area (Å²) in [6, 6.07) is 9.45. The van der Waals surface area contributed by atoms with Crippen molar-refractivity contribution in [1.29, 1.82) is 0 Å². The Bertz CT molecular complexity index is 287. The Morgan fingerprint density at radius 3 is 1.94 bits per heavy atom. The number of hydrogen-bond acceptors (Lipinski definition) is 2. The zero-order valence-electron chi connectivity index (χ0n) is 11.0. The second-order valence-electron chi connectivity index (χ2n) is 2.93. The zero-order valence-corrected chi connectivity index (χ0v) is 13.9. The molecule has 0 bridgehead atoms. The van der Waals surface area contributed by atoms with E-state index in [0.717, 1.165) is 11.6 Å². The number of benzene rings is 1. The number of hydrogen-bond donors (Lipinski definition) is 0. The first-order valence-corrected chi connectivity index (χ1v) is 4.56. The van der Waals surface area contributed by atoms with E-state index in [1.54, 1.807) is 11.9 Å². The van der Waals surface area contributed by atoms with Crippen LogP contribution in [-0.2, 0) is 21.1 Å². The largest absolute Gasteiger partial charge is 0.665 e. The monoisotopic (exact) mass is 405 g/mol. The van der Waals surface area contributed by atoms with Gasteiger partial charge in [0.05, 0.1) is 11.6 Å². The van der Waals surface area contributed by atoms with Gasteiger partial charge in [0.25, 0.3) is 0 Å². The maximum absolute atomic E-state index is 4.66. The molecular formula is C13H21N2OW-3. The number of nitrogens with zero attached hydrogens (tertiary/aromatic N) is 2. The summed E-state index contributed by atoms with van der Waals surface area (Å²) in [5, 5.41) is 0. The van der Waals surface area contributed by atoms with Crippen LogP contribution in [-0.4, -0.2) is 24.8 Å². The van der Waals surface area contributed by atoms with E-state index in [1.165, 1.54) is 0 Å². The molecule has 0 aliphatic carbocycles. The number of amidine groups is 1. The average Bonchev–Trinajstić information content (AvgIpc) is 2.29. The van der Waals surface area contributed by atoms with E-state index in [1.807, 2.05) is 44.3 Å². The first-order chi connectivity index (χ1) is 7.11. The minimum Gasteiger partial charge on any atom is -0.665 e. The first-order valence-electron chi connectivity index (χ1n) is 4.56. The van der Waals surface area contributed by atoms with Gasteiger partial charge in [0.2, 0.25) is 0 Å². The molecule has 4 heteroatoms. The van der Waals surface area contributed by atoms with E-state index in [0.29, 0.717) is 0 Å². The smallest absolute Gasteiger partial charge is 0.0843 e. The van der Waals surface area contributed by atoms with Crippen LogP contribution in [0.25, 0.3) is 0 Å². The summed E-state index contributed by atoms with van der Waals surface area (Å²) < 4.78 is 4.66. The van der Waals surface area contributed by atoms with E-state index in [9.17, 15) is 0 Å². The van der Waals surface area contributed by atoms with E-state index < -0.39 is 0 Å². The predicted octanol–water partition coefficient (Wildman–Crippen LogP) is 3.06. The molecule has 0 saturated heterocycles. The summed E-state index contributed by atoms with van der Waals surface area (Å²) in [6.45, 7) is 1.91. The van der Waals surface area contributed by atoms with Gasteiger partial charge in [-0.25, -0.2) is 0 Å². The molecule has 0 saturated carbocycles. The molecule has 0 atom stereocenters. The van der Waals surface area contributed by atoms with Crippen molar-refractivity contribution >= 4 is 5.84 Å². The Morgan fingerprint density at radius 2 is 1.76 bits per heavy atom. The van der Waals surface area contributed by atoms with Gasteiger partial charge < -0.3 is 17.1 Å². The standard InChI is InChI=1S/C7H7O.C5H11N2.CH3.W/c1-8-7-5-3-2-4-6-7;1-5(6-2)7(3)4;;/h2-6H,1H2;3H2,1-2,4H3;1H3;/q3*-1;. The van der Waals surface area contributed by atoms with Crippen LogP contribution in [0, 0.1) is 21.6 Å². The van der Waals surface area contributed by atoms with Crippen molar-refractivity contribution in [1.82, 2.24) is 4.90 Å². The molecule has 0 aliphatic rings. The summed E-state index contributed by atoms with van der Waals surface area (Å²) in [5.74, 6) is 1.74. The zero-order chi connectivity index (χ0) is 11.7. The van der Waals surface area contributed by atoms with Crippen molar-refractivity contribution in [2.75, 3.05) is 14.1 Å². The van der Waals surface area contributed by atoms with E-state index in [4.69, 9.17) is 0 Å². The van der Waals surface area contributed by atoms with Crippen LogP contribution in [0.1, 0.15) is 6.92 Å². The fourth-order valence-electron chi connectivity index (χ4n) is 0.687. The first kappa shape index (κ1) is 21.5. The van der Waals surface area contributed by atoms with Crippen LogP contribution in [0.4, 0.5) is 0 Å². The number of ether oxygens (including phenoxy) is 1. The number of para-hydroxylation sites is 1. The van der Waals surface area contributed by atoms with Crippen LogP contribution >= 0.6 is 0 Å². The van der Waals surface area contributed by atoms with Gasteiger partial charge in [0.15, 0.2) is 0 Å². The molecule has 0 radical (unpaired) electrons. The molecule has 0 N–H and O–H groups in total. The Labute approximate surface area is 120 Å². The van der Waals surface area contributed by atoms with Crippen LogP contribution in [0.5, 0.6) is 5.75 Å². The fraction of sp³-hybridized carbons (Fsp3) is 0.231. The van der Waals surface area contributed by atoms with Crippen molar-refractivity contribution < 1.29 is 25.8 Å². The maximum atomic E-state index is 4.66. The molecule has 0 heterocycles. The van der Waals surface area contributed by atoms with E-state index in [-0.39, 0.29) is 28.5 Å². The minimum atomic E-state index is 0. The predicted molar refractivity (Wildman–Crippen MR) is 71.0 cm³/mol. The molecular weight excluding hydrogens is 384 g/mol. The molecule has 0 spiro atoms. The summed E-state index contributed by atoms with van der Waals surface area (Å²) in [5.41, 5.74) is 0. The van der Waals surface area contributed by atoms with Crippen molar-refractivity contribution in [3.05, 3.63) is 51.9 Å². The second kappa shape index (κ2) is 13.2. The van der Waals surface area contributed by atoms with Gasteiger partial charge in [0.1, 0.15) is 0 Å². The molecule has 0 unspecified atom stereocenters. The second-order valence-corrected chi connectivity index (χ2v) is 2.93. The van der Waals surface area contributed by atoms with Gasteiger partial charge in [-0.15, -0.1) is 0 Å². The quantitative estimate of drug-likeness (QED) is 0.408. The van der Waals surface area contributed by atoms with Gasteiger partial charge in [-0.05, 0) is 26.1 Å². The Hall–Kier alpha value is -0.822. The molecule has 1 aromatic rings. The molecule has 0 aliphatic heterocycles. The van der Waals surface area contributed by atoms with Gasteiger partial charge in [-0.1, -0.05) is 18.2 Å². The molecule has 17 heavy (non-hydrogen) atoms. The van der Waals surface area contributed by atoms with Gasteiger partial charge in [-0.3, -0.25) is 12.0 Å². The minimum absolute atomic E-state index is 0. The summed E-state index contributed by atoms with van der Waals surface area (Å²) >= 11 is 0. The van der Waals surface area contributed by atoms with Gasteiger partial charge in [-0.2, -0.15) is 7.11 Å². The summed E-state index contributed by atoms with van der Waals surface area (Å²) in [6.07, 6.45) is 0. The Balaban J connectivity index is -0.000000208. The molecule has 0 amide bonds. The molecule has 3 nitrogen and oxygen atoms in total. The Kier molecular flexibility index (Phi) is 16.7. The fourth-order valence-corrected chi connectivity index (χ4v) is 0.687. The van der Waals surface area contributed by atoms with Gasteiger partial charge >= 0.3 is 0 Å². The third kappa shape index (κ3) is 11.4. The Morgan fingerprint density at radius 1 is 1.29 bits per heavy atom. The molecule has 0 fully saturated rings. The molecule has 98 valence electrons. The normalized spacial score (nSPS) is 8.88. The van der Waals surface area contributed by atoms with E-state index in [2.05, 4.69) is 23.9 Å². The van der Waals surface area contributed by atoms with Crippen LogP contribution in [0.2, 0.25) is 0 Å². The number of rotatable bonds is 1.